The molecule has 4 nitrogen and oxygen atoms in total. The molecule has 3 aliphatic carbocycles. The molecule has 0 radical (unpaired) electrons. The summed E-state index contributed by atoms with van der Waals surface area (Å²) in [5, 5.41) is 3.71. The van der Waals surface area contributed by atoms with E-state index in [1.807, 2.05) is 0 Å². The number of rotatable bonds is 4. The molecule has 0 atom stereocenters. The molecule has 7 heteroatoms. The van der Waals surface area contributed by atoms with Gasteiger partial charge in [-0.15, -0.1) is 0 Å². The Hall–Kier alpha value is -1.51. The van der Waals surface area contributed by atoms with Crippen molar-refractivity contribution in [3.05, 3.63) is 30.1 Å². The molecule has 3 aromatic rings. The molecule has 2 bridgehead atoms. The Morgan fingerprint density at radius 2 is 1.96 bits per heavy atom. The van der Waals surface area contributed by atoms with Crippen LogP contribution in [0.5, 0.6) is 0 Å². The number of fused-ring (bicyclic) bond motifs is 3. The van der Waals surface area contributed by atoms with E-state index in [1.54, 1.807) is 0 Å². The molecule has 1 aromatic carbocycles. The summed E-state index contributed by atoms with van der Waals surface area (Å²) in [5.41, 5.74) is 2.51. The molecule has 3 aliphatic rings. The fourth-order valence-corrected chi connectivity index (χ4v) is 5.52. The van der Waals surface area contributed by atoms with Gasteiger partial charge in [0.2, 0.25) is 0 Å². The Labute approximate surface area is 150 Å². The fourth-order valence-electron chi connectivity index (χ4n) is 4.71. The molecule has 2 aromatic heterocycles. The number of aromatic nitrogens is 3. The molecule has 0 saturated heterocycles. The predicted octanol–water partition coefficient (Wildman–Crippen LogP) is 4.41. The van der Waals surface area contributed by atoms with Crippen molar-refractivity contribution in [3.8, 4) is 0 Å². The van der Waals surface area contributed by atoms with Gasteiger partial charge in [-0.1, -0.05) is 22.6 Å². The highest BCUT2D eigenvalue weighted by Crippen LogP contribution is 2.73. The van der Waals surface area contributed by atoms with Gasteiger partial charge in [0, 0.05) is 17.0 Å². The maximum Gasteiger partial charge on any atom is 0.153 e. The molecule has 2 heterocycles. The van der Waals surface area contributed by atoms with Gasteiger partial charge in [-0.05, 0) is 36.2 Å². The van der Waals surface area contributed by atoms with Gasteiger partial charge >= 0.3 is 0 Å². The lowest BCUT2D eigenvalue weighted by atomic mass is 9.36. The minimum Gasteiger partial charge on any atom is -0.368 e. The van der Waals surface area contributed by atoms with Crippen molar-refractivity contribution in [2.45, 2.75) is 19.3 Å². The maximum absolute atomic E-state index is 14.1. The van der Waals surface area contributed by atoms with Crippen molar-refractivity contribution in [2.75, 3.05) is 16.3 Å². The maximum atomic E-state index is 14.1. The van der Waals surface area contributed by atoms with Crippen molar-refractivity contribution in [2.24, 2.45) is 10.8 Å². The highest BCUT2D eigenvalue weighted by atomic mass is 127. The average molecular weight is 440 g/mol. The van der Waals surface area contributed by atoms with E-state index >= 15 is 0 Å². The molecule has 0 spiro atoms. The third-order valence-electron chi connectivity index (χ3n) is 5.56. The lowest BCUT2D eigenvalue weighted by Gasteiger charge is -2.70. The second-order valence-corrected chi connectivity index (χ2v) is 8.16. The van der Waals surface area contributed by atoms with Gasteiger partial charge in [-0.25, -0.2) is 18.7 Å². The fraction of sp³-hybridized carbons (Fsp3) is 0.412. The van der Waals surface area contributed by atoms with E-state index in [-0.39, 0.29) is 0 Å². The molecule has 0 amide bonds. The topological polar surface area (TPSA) is 53.6 Å². The number of hydrogen-bond donors (Lipinski definition) is 2. The van der Waals surface area contributed by atoms with Crippen LogP contribution in [0.4, 0.5) is 14.6 Å². The third-order valence-corrected chi connectivity index (χ3v) is 7.18. The number of nitrogens with zero attached hydrogens (tertiary/aromatic N) is 2. The van der Waals surface area contributed by atoms with Crippen molar-refractivity contribution < 1.29 is 8.78 Å². The van der Waals surface area contributed by atoms with E-state index in [0.717, 1.165) is 12.6 Å². The first kappa shape index (κ1) is 14.8. The van der Waals surface area contributed by atoms with Crippen LogP contribution in [0.2, 0.25) is 0 Å². The normalized spacial score (nSPS) is 28.0. The van der Waals surface area contributed by atoms with Crippen LogP contribution < -0.4 is 5.32 Å². The molecule has 0 unspecified atom stereocenters. The molecule has 24 heavy (non-hydrogen) atoms. The van der Waals surface area contributed by atoms with Crippen LogP contribution in [0.3, 0.4) is 0 Å². The van der Waals surface area contributed by atoms with Gasteiger partial charge in [-0.2, -0.15) is 0 Å². The van der Waals surface area contributed by atoms with Crippen LogP contribution in [0.15, 0.2) is 18.5 Å². The number of anilines is 1. The first-order valence-electron chi connectivity index (χ1n) is 7.95. The highest BCUT2D eigenvalue weighted by Gasteiger charge is 2.66. The first-order valence-corrected chi connectivity index (χ1v) is 9.47. The quantitative estimate of drug-likeness (QED) is 0.467. The van der Waals surface area contributed by atoms with E-state index in [4.69, 9.17) is 0 Å². The van der Waals surface area contributed by atoms with E-state index in [0.29, 0.717) is 38.6 Å². The summed E-state index contributed by atoms with van der Waals surface area (Å²) in [6, 6.07) is 2.17. The van der Waals surface area contributed by atoms with Gasteiger partial charge < -0.3 is 10.3 Å². The average Bonchev–Trinajstić information content (AvgIpc) is 2.83. The number of halogens is 3. The molecule has 0 aliphatic heterocycles. The van der Waals surface area contributed by atoms with Gasteiger partial charge in [0.15, 0.2) is 5.82 Å². The van der Waals surface area contributed by atoms with E-state index < -0.39 is 11.6 Å². The van der Waals surface area contributed by atoms with Gasteiger partial charge in [0.1, 0.15) is 29.0 Å². The summed E-state index contributed by atoms with van der Waals surface area (Å²) >= 11 is 2.48. The van der Waals surface area contributed by atoms with Crippen LogP contribution >= 0.6 is 22.6 Å². The second-order valence-electron chi connectivity index (χ2n) is 7.40. The lowest BCUT2D eigenvalue weighted by molar-refractivity contribution is -0.174. The largest absolute Gasteiger partial charge is 0.368 e. The monoisotopic (exact) mass is 440 g/mol. The number of H-pyrrole nitrogens is 1. The number of aromatic amines is 1. The Bertz CT molecular complexity index is 964. The van der Waals surface area contributed by atoms with Crippen molar-refractivity contribution in [3.63, 3.8) is 0 Å². The summed E-state index contributed by atoms with van der Waals surface area (Å²) in [7, 11) is 0. The Morgan fingerprint density at radius 1 is 1.17 bits per heavy atom. The van der Waals surface area contributed by atoms with Gasteiger partial charge in [0.05, 0.1) is 10.9 Å². The highest BCUT2D eigenvalue weighted by molar-refractivity contribution is 14.1. The number of benzene rings is 1. The summed E-state index contributed by atoms with van der Waals surface area (Å²) in [6.45, 7) is 0.865. The second kappa shape index (κ2) is 4.77. The minimum atomic E-state index is -0.607. The van der Waals surface area contributed by atoms with Gasteiger partial charge in [0.25, 0.3) is 0 Å². The lowest BCUT2D eigenvalue weighted by Crippen LogP contribution is -2.65. The van der Waals surface area contributed by atoms with Crippen LogP contribution in [0.25, 0.3) is 21.9 Å². The molecule has 6 rings (SSSR count). The number of hydrogen-bond acceptors (Lipinski definition) is 3. The van der Waals surface area contributed by atoms with Crippen molar-refractivity contribution in [1.29, 1.82) is 0 Å². The number of nitrogens with one attached hydrogen (secondary N) is 2. The molecular formula is C17H15F2IN4. The zero-order chi connectivity index (χ0) is 16.5. The van der Waals surface area contributed by atoms with Crippen molar-refractivity contribution in [1.82, 2.24) is 15.0 Å². The van der Waals surface area contributed by atoms with Crippen LogP contribution in [-0.4, -0.2) is 25.9 Å². The molecule has 3 fully saturated rings. The predicted molar refractivity (Wildman–Crippen MR) is 97.4 cm³/mol. The van der Waals surface area contributed by atoms with E-state index in [1.165, 1.54) is 36.1 Å². The Morgan fingerprint density at radius 3 is 2.71 bits per heavy atom. The van der Waals surface area contributed by atoms with Crippen molar-refractivity contribution >= 4 is 50.3 Å². The first-order chi connectivity index (χ1) is 11.5. The summed E-state index contributed by atoms with van der Waals surface area (Å²) in [4.78, 5) is 11.6. The zero-order valence-electron chi connectivity index (χ0n) is 12.8. The Balaban J connectivity index is 1.49. The standard InChI is InChI=1S/C17H15F2IN4/c18-9-1-10(19)12-11(2-9)24-14-13(12)22-8-23-15(14)21-7-17-3-16(4-17,5-17)6-20/h1-2,8,24H,3-7H2,(H,21,22,23). The van der Waals surface area contributed by atoms with Crippen LogP contribution in [0, 0.1) is 22.5 Å². The summed E-state index contributed by atoms with van der Waals surface area (Å²) in [6.07, 6.45) is 5.25. The SMILES string of the molecule is Fc1cc(F)c2c(c1)[nH]c1c(NCC34CC(CI)(C3)C4)ncnc12. The molecule has 124 valence electrons. The smallest absolute Gasteiger partial charge is 0.153 e. The molecular weight excluding hydrogens is 425 g/mol. The molecule has 3 saturated carbocycles. The molecule has 2 N–H and O–H groups in total. The summed E-state index contributed by atoms with van der Waals surface area (Å²) in [5.74, 6) is -0.555. The van der Waals surface area contributed by atoms with Crippen LogP contribution in [0.1, 0.15) is 19.3 Å². The Kier molecular flexibility index (Phi) is 2.94. The van der Waals surface area contributed by atoms with E-state index in [2.05, 4.69) is 42.9 Å². The summed E-state index contributed by atoms with van der Waals surface area (Å²) < 4.78 is 28.8. The third kappa shape index (κ3) is 1.93. The van der Waals surface area contributed by atoms with E-state index in [9.17, 15) is 8.78 Å². The van der Waals surface area contributed by atoms with Crippen LogP contribution in [-0.2, 0) is 0 Å². The minimum absolute atomic E-state index is 0.311. The zero-order valence-corrected chi connectivity index (χ0v) is 15.0. The number of alkyl halides is 1. The van der Waals surface area contributed by atoms with Gasteiger partial charge in [-0.3, -0.25) is 0 Å².